The number of halogens is 4. The van der Waals surface area contributed by atoms with Gasteiger partial charge in [0.2, 0.25) is 0 Å². The summed E-state index contributed by atoms with van der Waals surface area (Å²) in [5, 5.41) is 0. The smallest absolute Gasteiger partial charge is 0.410 e. The van der Waals surface area contributed by atoms with E-state index in [1.807, 2.05) is 0 Å². The minimum absolute atomic E-state index is 0.314. The molecule has 100 valence electrons. The Kier molecular flexibility index (Phi) is 3.79. The van der Waals surface area contributed by atoms with Crippen LogP contribution in [0.3, 0.4) is 0 Å². The number of alkyl halides is 3. The van der Waals surface area contributed by atoms with E-state index < -0.39 is 27.4 Å². The Morgan fingerprint density at radius 3 is 2.11 bits per heavy atom. The van der Waals surface area contributed by atoms with Crippen LogP contribution in [0.5, 0.6) is 5.75 Å². The molecule has 1 aromatic rings. The number of ether oxygens (including phenoxy) is 1. The molecule has 1 rings (SSSR count). The molecule has 0 aliphatic rings. The Morgan fingerprint density at radius 1 is 1.17 bits per heavy atom. The molecular formula is C8H5F4NO4S. The minimum Gasteiger partial charge on any atom is -0.410 e. The van der Waals surface area contributed by atoms with Gasteiger partial charge in [-0.3, -0.25) is 0 Å². The van der Waals surface area contributed by atoms with E-state index in [9.17, 15) is 30.8 Å². The lowest BCUT2D eigenvalue weighted by Gasteiger charge is -2.09. The number of hydrogen-bond donors (Lipinski definition) is 1. The molecule has 0 aliphatic carbocycles. The molecule has 0 heterocycles. The maximum absolute atomic E-state index is 12.5. The zero-order valence-electron chi connectivity index (χ0n) is 8.36. The fourth-order valence-electron chi connectivity index (χ4n) is 0.798. The van der Waals surface area contributed by atoms with E-state index in [0.29, 0.717) is 4.72 Å². The standard InChI is InChI=1S/C8H5F4NO4S/c9-5-1-3-6(4-2-5)17-7(14)13-18(15,16)8(10,11)12/h1-4H,(H,13,14). The third-order valence-electron chi connectivity index (χ3n) is 1.55. The van der Waals surface area contributed by atoms with Crippen molar-refractivity contribution >= 4 is 16.1 Å². The fourth-order valence-corrected chi connectivity index (χ4v) is 1.17. The summed E-state index contributed by atoms with van der Waals surface area (Å²) < 4.78 is 74.0. The predicted octanol–water partition coefficient (Wildman–Crippen LogP) is 1.76. The topological polar surface area (TPSA) is 72.5 Å². The van der Waals surface area contributed by atoms with E-state index in [1.165, 1.54) is 0 Å². The molecular weight excluding hydrogens is 282 g/mol. The number of sulfonamides is 1. The second-order valence-electron chi connectivity index (χ2n) is 2.89. The highest BCUT2D eigenvalue weighted by Crippen LogP contribution is 2.21. The summed E-state index contributed by atoms with van der Waals surface area (Å²) in [5.74, 6) is -0.975. The van der Waals surface area contributed by atoms with Crippen molar-refractivity contribution in [2.45, 2.75) is 5.51 Å². The van der Waals surface area contributed by atoms with Crippen LogP contribution in [0.25, 0.3) is 0 Å². The van der Waals surface area contributed by atoms with Crippen LogP contribution in [0.2, 0.25) is 0 Å². The van der Waals surface area contributed by atoms with Gasteiger partial charge in [-0.15, -0.1) is 0 Å². The summed E-state index contributed by atoms with van der Waals surface area (Å²) in [7, 11) is -5.82. The molecule has 0 aromatic heterocycles. The Balaban J connectivity index is 2.71. The Morgan fingerprint density at radius 2 is 1.67 bits per heavy atom. The lowest BCUT2D eigenvalue weighted by atomic mass is 10.3. The van der Waals surface area contributed by atoms with Crippen LogP contribution in [-0.2, 0) is 10.0 Å². The van der Waals surface area contributed by atoms with Crippen molar-refractivity contribution in [3.05, 3.63) is 30.1 Å². The molecule has 0 saturated carbocycles. The number of carbonyl (C=O) groups is 1. The second-order valence-corrected chi connectivity index (χ2v) is 4.57. The molecule has 0 unspecified atom stereocenters. The molecule has 0 saturated heterocycles. The van der Waals surface area contributed by atoms with Gasteiger partial charge < -0.3 is 4.74 Å². The molecule has 0 bridgehead atoms. The van der Waals surface area contributed by atoms with E-state index in [2.05, 4.69) is 4.74 Å². The van der Waals surface area contributed by atoms with E-state index >= 15 is 0 Å². The minimum atomic E-state index is -5.82. The number of benzene rings is 1. The monoisotopic (exact) mass is 287 g/mol. The molecule has 1 N–H and O–H groups in total. The summed E-state index contributed by atoms with van der Waals surface area (Å²) >= 11 is 0. The maximum atomic E-state index is 12.5. The first kappa shape index (κ1) is 14.2. The quantitative estimate of drug-likeness (QED) is 0.841. The first-order valence-electron chi connectivity index (χ1n) is 4.18. The van der Waals surface area contributed by atoms with Crippen molar-refractivity contribution in [1.29, 1.82) is 0 Å². The van der Waals surface area contributed by atoms with Crippen molar-refractivity contribution < 1.29 is 35.5 Å². The van der Waals surface area contributed by atoms with Crippen molar-refractivity contribution in [1.82, 2.24) is 4.72 Å². The van der Waals surface area contributed by atoms with Crippen LogP contribution in [0.1, 0.15) is 0 Å². The summed E-state index contributed by atoms with van der Waals surface area (Å²) in [6.07, 6.45) is -1.85. The molecule has 0 atom stereocenters. The largest absolute Gasteiger partial charge is 0.516 e. The molecule has 0 radical (unpaired) electrons. The summed E-state index contributed by atoms with van der Waals surface area (Å²) in [6.45, 7) is 0. The van der Waals surface area contributed by atoms with Crippen LogP contribution in [0.15, 0.2) is 24.3 Å². The number of hydrogen-bond acceptors (Lipinski definition) is 4. The van der Waals surface area contributed by atoms with Crippen molar-refractivity contribution in [3.8, 4) is 5.75 Å². The fraction of sp³-hybridized carbons (Fsp3) is 0.125. The van der Waals surface area contributed by atoms with E-state index in [0.717, 1.165) is 24.3 Å². The number of rotatable bonds is 2. The van der Waals surface area contributed by atoms with Crippen LogP contribution in [-0.4, -0.2) is 20.0 Å². The molecule has 0 fully saturated rings. The van der Waals surface area contributed by atoms with Crippen LogP contribution < -0.4 is 9.46 Å². The average molecular weight is 287 g/mol. The molecule has 10 heteroatoms. The van der Waals surface area contributed by atoms with Crippen LogP contribution in [0, 0.1) is 5.82 Å². The Labute approximate surface area is 98.4 Å². The van der Waals surface area contributed by atoms with E-state index in [4.69, 9.17) is 0 Å². The molecule has 18 heavy (non-hydrogen) atoms. The van der Waals surface area contributed by atoms with Crippen molar-refractivity contribution in [2.24, 2.45) is 0 Å². The first-order chi connectivity index (χ1) is 8.12. The van der Waals surface area contributed by atoms with Gasteiger partial charge in [0.25, 0.3) is 0 Å². The molecule has 0 aliphatic heterocycles. The highest BCUT2D eigenvalue weighted by Gasteiger charge is 2.47. The average Bonchev–Trinajstić information content (AvgIpc) is 2.19. The summed E-state index contributed by atoms with van der Waals surface area (Å²) in [6, 6.07) is 3.63. The highest BCUT2D eigenvalue weighted by atomic mass is 32.2. The zero-order valence-corrected chi connectivity index (χ0v) is 9.18. The SMILES string of the molecule is O=C(NS(=O)(=O)C(F)(F)F)Oc1ccc(F)cc1. The van der Waals surface area contributed by atoms with Gasteiger partial charge in [0.1, 0.15) is 11.6 Å². The summed E-state index contributed by atoms with van der Waals surface area (Å²) in [5.41, 5.74) is -5.63. The van der Waals surface area contributed by atoms with Gasteiger partial charge in [-0.25, -0.2) is 13.9 Å². The third kappa shape index (κ3) is 3.58. The molecule has 1 amide bonds. The van der Waals surface area contributed by atoms with Gasteiger partial charge in [-0.05, 0) is 24.3 Å². The molecule has 5 nitrogen and oxygen atoms in total. The number of amides is 1. The number of nitrogens with one attached hydrogen (secondary N) is 1. The van der Waals surface area contributed by atoms with Gasteiger partial charge in [0.05, 0.1) is 0 Å². The Bertz CT molecular complexity index is 537. The van der Waals surface area contributed by atoms with Crippen molar-refractivity contribution in [3.63, 3.8) is 0 Å². The van der Waals surface area contributed by atoms with Crippen molar-refractivity contribution in [2.75, 3.05) is 0 Å². The number of carbonyl (C=O) groups excluding carboxylic acids is 1. The van der Waals surface area contributed by atoms with Crippen LogP contribution in [0.4, 0.5) is 22.4 Å². The third-order valence-corrected chi connectivity index (χ3v) is 2.59. The van der Waals surface area contributed by atoms with Gasteiger partial charge in [0, 0.05) is 0 Å². The summed E-state index contributed by atoms with van der Waals surface area (Å²) in [4.78, 5) is 10.9. The van der Waals surface area contributed by atoms with Gasteiger partial charge in [-0.2, -0.15) is 21.6 Å². The van der Waals surface area contributed by atoms with Gasteiger partial charge in [0.15, 0.2) is 0 Å². The first-order valence-corrected chi connectivity index (χ1v) is 5.66. The maximum Gasteiger partial charge on any atom is 0.516 e. The van der Waals surface area contributed by atoms with E-state index in [1.54, 1.807) is 0 Å². The predicted molar refractivity (Wildman–Crippen MR) is 50.5 cm³/mol. The van der Waals surface area contributed by atoms with E-state index in [-0.39, 0.29) is 5.75 Å². The Hall–Kier alpha value is -1.84. The normalized spacial score (nSPS) is 12.0. The molecule has 0 spiro atoms. The van der Waals surface area contributed by atoms with Gasteiger partial charge in [-0.1, -0.05) is 0 Å². The lowest BCUT2D eigenvalue weighted by Crippen LogP contribution is -2.41. The second kappa shape index (κ2) is 4.80. The lowest BCUT2D eigenvalue weighted by molar-refractivity contribution is -0.0446. The van der Waals surface area contributed by atoms with Crippen LogP contribution >= 0.6 is 0 Å². The molecule has 1 aromatic carbocycles. The highest BCUT2D eigenvalue weighted by molar-refractivity contribution is 7.90. The van der Waals surface area contributed by atoms with Gasteiger partial charge >= 0.3 is 21.6 Å². The zero-order chi connectivity index (χ0) is 14.0.